The van der Waals surface area contributed by atoms with Crippen molar-refractivity contribution in [3.05, 3.63) is 23.5 Å². The monoisotopic (exact) mass is 239 g/mol. The van der Waals surface area contributed by atoms with Gasteiger partial charge in [0.2, 0.25) is 0 Å². The minimum atomic E-state index is -1.04. The lowest BCUT2D eigenvalue weighted by molar-refractivity contribution is 0.0673. The number of aromatic carboxylic acids is 1. The highest BCUT2D eigenvalue weighted by molar-refractivity contribution is 5.97. The van der Waals surface area contributed by atoms with Crippen LogP contribution in [-0.4, -0.2) is 34.6 Å². The number of carbonyl (C=O) groups excluding carboxylic acids is 1. The Kier molecular flexibility index (Phi) is 4.45. The molecule has 0 radical (unpaired) electrons. The fourth-order valence-corrected chi connectivity index (χ4v) is 1.58. The van der Waals surface area contributed by atoms with Crippen molar-refractivity contribution >= 4 is 11.8 Å². The van der Waals surface area contributed by atoms with E-state index in [-0.39, 0.29) is 17.5 Å². The minimum Gasteiger partial charge on any atom is -0.477 e. The second kappa shape index (κ2) is 5.63. The lowest BCUT2D eigenvalue weighted by Crippen LogP contribution is -2.16. The molecule has 0 aliphatic rings. The highest BCUT2D eigenvalue weighted by Crippen LogP contribution is 2.16. The Labute approximate surface area is 100 Å². The number of aromatic nitrogens is 1. The fourth-order valence-electron chi connectivity index (χ4n) is 1.58. The molecule has 1 unspecified atom stereocenters. The minimum absolute atomic E-state index is 0.113. The first-order valence-corrected chi connectivity index (χ1v) is 5.51. The van der Waals surface area contributed by atoms with Crippen molar-refractivity contribution in [1.82, 2.24) is 4.57 Å². The number of hydrogen-bond donors (Lipinski definition) is 1. The third kappa shape index (κ3) is 3.17. The van der Waals surface area contributed by atoms with Gasteiger partial charge in [0, 0.05) is 18.4 Å². The Balaban J connectivity index is 3.03. The SMILES string of the molecule is CCOCC(C)n1cc(C(C)=O)cc1C(=O)O. The third-order valence-electron chi connectivity index (χ3n) is 2.51. The van der Waals surface area contributed by atoms with Crippen molar-refractivity contribution in [2.45, 2.75) is 26.8 Å². The normalized spacial score (nSPS) is 12.4. The summed E-state index contributed by atoms with van der Waals surface area (Å²) in [7, 11) is 0. The van der Waals surface area contributed by atoms with Crippen molar-refractivity contribution in [3.8, 4) is 0 Å². The van der Waals surface area contributed by atoms with E-state index >= 15 is 0 Å². The number of Topliss-reactive ketones (excluding diaryl/α,β-unsaturated/α-hetero) is 1. The van der Waals surface area contributed by atoms with Crippen LogP contribution in [0.3, 0.4) is 0 Å². The molecule has 1 aromatic rings. The van der Waals surface area contributed by atoms with Crippen LogP contribution < -0.4 is 0 Å². The molecule has 0 saturated carbocycles. The molecule has 1 aromatic heterocycles. The summed E-state index contributed by atoms with van der Waals surface area (Å²) in [4.78, 5) is 22.3. The van der Waals surface area contributed by atoms with Gasteiger partial charge in [0.1, 0.15) is 5.69 Å². The highest BCUT2D eigenvalue weighted by Gasteiger charge is 2.18. The molecule has 0 fully saturated rings. The summed E-state index contributed by atoms with van der Waals surface area (Å²) in [5.74, 6) is -1.18. The van der Waals surface area contributed by atoms with E-state index in [4.69, 9.17) is 9.84 Å². The molecule has 1 N–H and O–H groups in total. The summed E-state index contributed by atoms with van der Waals surface area (Å²) in [5.41, 5.74) is 0.521. The summed E-state index contributed by atoms with van der Waals surface area (Å²) < 4.78 is 6.82. The van der Waals surface area contributed by atoms with Crippen LogP contribution in [0.5, 0.6) is 0 Å². The largest absolute Gasteiger partial charge is 0.477 e. The van der Waals surface area contributed by atoms with Crippen molar-refractivity contribution in [1.29, 1.82) is 0 Å². The van der Waals surface area contributed by atoms with Crippen molar-refractivity contribution in [2.75, 3.05) is 13.2 Å². The zero-order valence-corrected chi connectivity index (χ0v) is 10.3. The van der Waals surface area contributed by atoms with Gasteiger partial charge in [-0.3, -0.25) is 4.79 Å². The maximum atomic E-state index is 11.2. The van der Waals surface area contributed by atoms with Crippen LogP contribution in [-0.2, 0) is 4.74 Å². The van der Waals surface area contributed by atoms with Gasteiger partial charge in [-0.2, -0.15) is 0 Å². The van der Waals surface area contributed by atoms with Crippen molar-refractivity contribution < 1.29 is 19.4 Å². The quantitative estimate of drug-likeness (QED) is 0.771. The molecule has 1 heterocycles. The molecule has 0 aliphatic carbocycles. The summed E-state index contributed by atoms with van der Waals surface area (Å²) in [6.45, 7) is 6.14. The molecule has 5 nitrogen and oxygen atoms in total. The number of rotatable bonds is 6. The van der Waals surface area contributed by atoms with E-state index < -0.39 is 5.97 Å². The molecule has 17 heavy (non-hydrogen) atoms. The molecule has 0 amide bonds. The van der Waals surface area contributed by atoms with Crippen LogP contribution >= 0.6 is 0 Å². The topological polar surface area (TPSA) is 68.5 Å². The van der Waals surface area contributed by atoms with Gasteiger partial charge in [0.05, 0.1) is 12.6 Å². The van der Waals surface area contributed by atoms with E-state index in [1.165, 1.54) is 13.0 Å². The molecule has 0 saturated heterocycles. The number of ketones is 1. The van der Waals surface area contributed by atoms with Crippen LogP contribution in [0.1, 0.15) is 47.7 Å². The Morgan fingerprint density at radius 2 is 2.18 bits per heavy atom. The molecule has 1 rings (SSSR count). The fraction of sp³-hybridized carbons (Fsp3) is 0.500. The maximum Gasteiger partial charge on any atom is 0.352 e. The average Bonchev–Trinajstić information content (AvgIpc) is 2.70. The molecule has 0 spiro atoms. The van der Waals surface area contributed by atoms with Gasteiger partial charge in [0.15, 0.2) is 5.78 Å². The predicted molar refractivity (Wildman–Crippen MR) is 62.6 cm³/mol. The Morgan fingerprint density at radius 3 is 2.65 bits per heavy atom. The van der Waals surface area contributed by atoms with Crippen LogP contribution in [0.25, 0.3) is 0 Å². The third-order valence-corrected chi connectivity index (χ3v) is 2.51. The average molecular weight is 239 g/mol. The first kappa shape index (κ1) is 13.4. The van der Waals surface area contributed by atoms with Crippen LogP contribution in [0.2, 0.25) is 0 Å². The number of carboxylic acid groups (broad SMARTS) is 1. The second-order valence-corrected chi connectivity index (χ2v) is 3.89. The molecular formula is C12H17NO4. The number of hydrogen-bond acceptors (Lipinski definition) is 3. The molecule has 5 heteroatoms. The number of carbonyl (C=O) groups is 2. The van der Waals surface area contributed by atoms with Crippen molar-refractivity contribution in [2.24, 2.45) is 0 Å². The van der Waals surface area contributed by atoms with Crippen LogP contribution in [0, 0.1) is 0 Å². The Morgan fingerprint density at radius 1 is 1.53 bits per heavy atom. The lowest BCUT2D eigenvalue weighted by atomic mass is 10.2. The predicted octanol–water partition coefficient (Wildman–Crippen LogP) is 1.99. The molecule has 0 aliphatic heterocycles. The second-order valence-electron chi connectivity index (χ2n) is 3.89. The first-order chi connectivity index (χ1) is 7.97. The van der Waals surface area contributed by atoms with E-state index in [9.17, 15) is 9.59 Å². The summed E-state index contributed by atoms with van der Waals surface area (Å²) in [6.07, 6.45) is 1.56. The summed E-state index contributed by atoms with van der Waals surface area (Å²) in [5, 5.41) is 9.06. The van der Waals surface area contributed by atoms with Gasteiger partial charge in [-0.15, -0.1) is 0 Å². The zero-order chi connectivity index (χ0) is 13.0. The van der Waals surface area contributed by atoms with E-state index in [1.54, 1.807) is 10.8 Å². The number of carboxylic acids is 1. The highest BCUT2D eigenvalue weighted by atomic mass is 16.5. The van der Waals surface area contributed by atoms with E-state index in [1.807, 2.05) is 13.8 Å². The zero-order valence-electron chi connectivity index (χ0n) is 10.3. The van der Waals surface area contributed by atoms with Gasteiger partial charge in [-0.1, -0.05) is 0 Å². The van der Waals surface area contributed by atoms with Gasteiger partial charge >= 0.3 is 5.97 Å². The van der Waals surface area contributed by atoms with Gasteiger partial charge in [-0.05, 0) is 26.8 Å². The van der Waals surface area contributed by atoms with Gasteiger partial charge in [-0.25, -0.2) is 4.79 Å². The molecule has 94 valence electrons. The van der Waals surface area contributed by atoms with Crippen molar-refractivity contribution in [3.63, 3.8) is 0 Å². The van der Waals surface area contributed by atoms with Crippen LogP contribution in [0.15, 0.2) is 12.3 Å². The number of ether oxygens (including phenoxy) is 1. The summed E-state index contributed by atoms with van der Waals surface area (Å²) >= 11 is 0. The van der Waals surface area contributed by atoms with E-state index in [2.05, 4.69) is 0 Å². The molecule has 1 atom stereocenters. The van der Waals surface area contributed by atoms with Crippen LogP contribution in [0.4, 0.5) is 0 Å². The van der Waals surface area contributed by atoms with Gasteiger partial charge < -0.3 is 14.4 Å². The molecule has 0 aromatic carbocycles. The van der Waals surface area contributed by atoms with E-state index in [0.29, 0.717) is 18.8 Å². The first-order valence-electron chi connectivity index (χ1n) is 5.51. The standard InChI is InChI=1S/C12H17NO4/c1-4-17-7-8(2)13-6-10(9(3)14)5-11(13)12(15)16/h5-6,8H,4,7H2,1-3H3,(H,15,16). The Bertz CT molecular complexity index is 422. The molecule has 0 bridgehead atoms. The molecular weight excluding hydrogens is 222 g/mol. The smallest absolute Gasteiger partial charge is 0.352 e. The van der Waals surface area contributed by atoms with Gasteiger partial charge in [0.25, 0.3) is 0 Å². The lowest BCUT2D eigenvalue weighted by Gasteiger charge is -2.15. The Hall–Kier alpha value is -1.62. The van der Waals surface area contributed by atoms with E-state index in [0.717, 1.165) is 0 Å². The number of nitrogens with zero attached hydrogens (tertiary/aromatic N) is 1. The maximum absolute atomic E-state index is 11.2. The summed E-state index contributed by atoms with van der Waals surface area (Å²) in [6, 6.07) is 1.28.